The van der Waals surface area contributed by atoms with Crippen molar-refractivity contribution in [3.8, 4) is 0 Å². The third-order valence-corrected chi connectivity index (χ3v) is 4.59. The molecule has 19 heavy (non-hydrogen) atoms. The average Bonchev–Trinajstić information content (AvgIpc) is 2.99. The van der Waals surface area contributed by atoms with Crippen LogP contribution in [0.1, 0.15) is 48.0 Å². The molecule has 2 aromatic rings. The number of benzene rings is 1. The lowest BCUT2D eigenvalue weighted by Gasteiger charge is -2.28. The predicted octanol–water partition coefficient (Wildman–Crippen LogP) is 3.31. The lowest BCUT2D eigenvalue weighted by molar-refractivity contribution is 0.435. The Morgan fingerprint density at radius 1 is 1.42 bits per heavy atom. The van der Waals surface area contributed by atoms with E-state index in [1.807, 2.05) is 13.2 Å². The van der Waals surface area contributed by atoms with Crippen LogP contribution >= 0.6 is 11.7 Å². The maximum absolute atomic E-state index is 4.38. The number of aryl methyl sites for hydroxylation is 1. The highest BCUT2D eigenvalue weighted by Crippen LogP contribution is 2.37. The van der Waals surface area contributed by atoms with E-state index in [-0.39, 0.29) is 0 Å². The Morgan fingerprint density at radius 3 is 3.11 bits per heavy atom. The van der Waals surface area contributed by atoms with Crippen molar-refractivity contribution in [1.29, 1.82) is 0 Å². The highest BCUT2D eigenvalue weighted by molar-refractivity contribution is 6.99. The van der Waals surface area contributed by atoms with E-state index in [4.69, 9.17) is 0 Å². The molecule has 2 atom stereocenters. The zero-order valence-electron chi connectivity index (χ0n) is 11.2. The molecule has 1 aromatic heterocycles. The SMILES string of the molecule is CNC(CC1CCCc2ccccc21)c1cnsn1. The molecular weight excluding hydrogens is 254 g/mol. The summed E-state index contributed by atoms with van der Waals surface area (Å²) in [5.41, 5.74) is 4.15. The Labute approximate surface area is 118 Å². The van der Waals surface area contributed by atoms with E-state index in [9.17, 15) is 0 Å². The molecule has 0 bridgehead atoms. The molecule has 2 unspecified atom stereocenters. The molecule has 1 aliphatic rings. The fourth-order valence-electron chi connectivity index (χ4n) is 3.10. The minimum absolute atomic E-state index is 0.315. The molecule has 0 aliphatic heterocycles. The second-order valence-corrected chi connectivity index (χ2v) is 5.75. The van der Waals surface area contributed by atoms with Crippen LogP contribution in [0.4, 0.5) is 0 Å². The van der Waals surface area contributed by atoms with Crippen molar-refractivity contribution in [3.63, 3.8) is 0 Å². The summed E-state index contributed by atoms with van der Waals surface area (Å²) >= 11 is 1.29. The number of nitrogens with one attached hydrogen (secondary N) is 1. The smallest absolute Gasteiger partial charge is 0.0912 e. The molecule has 4 heteroatoms. The van der Waals surface area contributed by atoms with Crippen LogP contribution in [0.3, 0.4) is 0 Å². The second kappa shape index (κ2) is 5.80. The Bertz CT molecular complexity index is 524. The number of fused-ring (bicyclic) bond motifs is 1. The van der Waals surface area contributed by atoms with Gasteiger partial charge >= 0.3 is 0 Å². The Balaban J connectivity index is 1.80. The maximum Gasteiger partial charge on any atom is 0.0912 e. The quantitative estimate of drug-likeness (QED) is 0.928. The van der Waals surface area contributed by atoms with Crippen molar-refractivity contribution < 1.29 is 0 Å². The van der Waals surface area contributed by atoms with Crippen molar-refractivity contribution in [1.82, 2.24) is 14.1 Å². The molecule has 3 nitrogen and oxygen atoms in total. The first kappa shape index (κ1) is 12.8. The van der Waals surface area contributed by atoms with Crippen molar-refractivity contribution in [2.45, 2.75) is 37.6 Å². The summed E-state index contributed by atoms with van der Waals surface area (Å²) in [4.78, 5) is 0. The summed E-state index contributed by atoms with van der Waals surface area (Å²) in [6, 6.07) is 9.21. The molecule has 1 N–H and O–H groups in total. The molecule has 0 amide bonds. The summed E-state index contributed by atoms with van der Waals surface area (Å²) in [5, 5.41) is 3.39. The van der Waals surface area contributed by atoms with Crippen LogP contribution in [0.25, 0.3) is 0 Å². The minimum atomic E-state index is 0.315. The lowest BCUT2D eigenvalue weighted by Crippen LogP contribution is -2.21. The molecule has 1 heterocycles. The fourth-order valence-corrected chi connectivity index (χ4v) is 3.57. The highest BCUT2D eigenvalue weighted by Gasteiger charge is 2.24. The van der Waals surface area contributed by atoms with Gasteiger partial charge in [-0.3, -0.25) is 0 Å². The Kier molecular flexibility index (Phi) is 3.89. The summed E-state index contributed by atoms with van der Waals surface area (Å²) in [7, 11) is 2.01. The molecule has 100 valence electrons. The minimum Gasteiger partial charge on any atom is -0.312 e. The summed E-state index contributed by atoms with van der Waals surface area (Å²) in [6.07, 6.45) is 6.81. The summed E-state index contributed by atoms with van der Waals surface area (Å²) in [5.74, 6) is 0.643. The van der Waals surface area contributed by atoms with Crippen LogP contribution in [0, 0.1) is 0 Å². The van der Waals surface area contributed by atoms with Gasteiger partial charge in [0.1, 0.15) is 0 Å². The van der Waals surface area contributed by atoms with Gasteiger partial charge in [-0.15, -0.1) is 0 Å². The van der Waals surface area contributed by atoms with Gasteiger partial charge in [0.05, 0.1) is 29.7 Å². The number of nitrogens with zero attached hydrogens (tertiary/aromatic N) is 2. The van der Waals surface area contributed by atoms with Gasteiger partial charge in [-0.05, 0) is 49.8 Å². The third kappa shape index (κ3) is 2.69. The maximum atomic E-state index is 4.38. The number of aromatic nitrogens is 2. The second-order valence-electron chi connectivity index (χ2n) is 5.20. The molecule has 0 saturated heterocycles. The fraction of sp³-hybridized carbons (Fsp3) is 0.467. The Hall–Kier alpha value is -1.26. The van der Waals surface area contributed by atoms with Crippen LogP contribution < -0.4 is 5.32 Å². The van der Waals surface area contributed by atoms with E-state index in [1.54, 1.807) is 0 Å². The first-order valence-corrected chi connectivity index (χ1v) is 7.64. The van der Waals surface area contributed by atoms with Crippen LogP contribution in [-0.2, 0) is 6.42 Å². The molecule has 0 fully saturated rings. The number of hydrogen-bond donors (Lipinski definition) is 1. The van der Waals surface area contributed by atoms with Crippen LogP contribution in [0.2, 0.25) is 0 Å². The van der Waals surface area contributed by atoms with Gasteiger partial charge in [0.15, 0.2) is 0 Å². The molecule has 3 rings (SSSR count). The predicted molar refractivity (Wildman–Crippen MR) is 78.4 cm³/mol. The van der Waals surface area contributed by atoms with E-state index in [0.717, 1.165) is 12.1 Å². The first-order chi connectivity index (χ1) is 9.38. The third-order valence-electron chi connectivity index (χ3n) is 4.10. The zero-order chi connectivity index (χ0) is 13.1. The molecule has 0 saturated carbocycles. The molecule has 1 aromatic carbocycles. The van der Waals surface area contributed by atoms with Gasteiger partial charge < -0.3 is 5.32 Å². The highest BCUT2D eigenvalue weighted by atomic mass is 32.1. The van der Waals surface area contributed by atoms with Crippen molar-refractivity contribution in [3.05, 3.63) is 47.3 Å². The number of rotatable bonds is 4. The molecular formula is C15H19N3S. The van der Waals surface area contributed by atoms with Crippen molar-refractivity contribution >= 4 is 11.7 Å². The van der Waals surface area contributed by atoms with Crippen LogP contribution in [0.15, 0.2) is 30.5 Å². The Morgan fingerprint density at radius 2 is 2.32 bits per heavy atom. The lowest BCUT2D eigenvalue weighted by atomic mass is 9.79. The van der Waals surface area contributed by atoms with Crippen molar-refractivity contribution in [2.75, 3.05) is 7.05 Å². The van der Waals surface area contributed by atoms with Gasteiger partial charge in [-0.25, -0.2) is 0 Å². The molecule has 0 radical (unpaired) electrons. The topological polar surface area (TPSA) is 37.8 Å². The zero-order valence-corrected chi connectivity index (χ0v) is 12.0. The van der Waals surface area contributed by atoms with E-state index in [1.165, 1.54) is 42.1 Å². The summed E-state index contributed by atoms with van der Waals surface area (Å²) < 4.78 is 8.50. The molecule has 1 aliphatic carbocycles. The standard InChI is InChI=1S/C15H19N3S/c1-16-14(15-10-17-19-18-15)9-12-7-4-6-11-5-2-3-8-13(11)12/h2-3,5,8,10,12,14,16H,4,6-7,9H2,1H3. The van der Waals surface area contributed by atoms with Gasteiger partial charge in [-0.2, -0.15) is 8.75 Å². The van der Waals surface area contributed by atoms with Gasteiger partial charge in [0.25, 0.3) is 0 Å². The first-order valence-electron chi connectivity index (χ1n) is 6.91. The van der Waals surface area contributed by atoms with Gasteiger partial charge in [-0.1, -0.05) is 24.3 Å². The van der Waals surface area contributed by atoms with Crippen LogP contribution in [-0.4, -0.2) is 15.8 Å². The van der Waals surface area contributed by atoms with E-state index < -0.39 is 0 Å². The van der Waals surface area contributed by atoms with Crippen molar-refractivity contribution in [2.24, 2.45) is 0 Å². The van der Waals surface area contributed by atoms with E-state index in [2.05, 4.69) is 38.3 Å². The molecule has 0 spiro atoms. The normalized spacial score (nSPS) is 19.9. The monoisotopic (exact) mass is 273 g/mol. The number of hydrogen-bond acceptors (Lipinski definition) is 4. The van der Waals surface area contributed by atoms with E-state index in [0.29, 0.717) is 12.0 Å². The average molecular weight is 273 g/mol. The van der Waals surface area contributed by atoms with Gasteiger partial charge in [0, 0.05) is 0 Å². The van der Waals surface area contributed by atoms with Gasteiger partial charge in [0.2, 0.25) is 0 Å². The van der Waals surface area contributed by atoms with Crippen LogP contribution in [0.5, 0.6) is 0 Å². The van der Waals surface area contributed by atoms with E-state index >= 15 is 0 Å². The summed E-state index contributed by atoms with van der Waals surface area (Å²) in [6.45, 7) is 0. The largest absolute Gasteiger partial charge is 0.312 e.